The monoisotopic (exact) mass is 413 g/mol. The standard InChI is InChI=1S/C28H31NO2/c1-7-20-13-15-21(16-14-20)17-31-26(30)24-18(2)23-25(29-22-11-9-8-10-12-22)19(3)28(24,6)27(23,4)5/h7-16,23,29H,1,17H2,2-6H3/t23-,28+/m1/s1. The van der Waals surface area contributed by atoms with E-state index in [9.17, 15) is 4.79 Å². The lowest BCUT2D eigenvalue weighted by Crippen LogP contribution is -2.35. The second-order valence-electron chi connectivity index (χ2n) is 9.39. The van der Waals surface area contributed by atoms with Gasteiger partial charge >= 0.3 is 5.97 Å². The zero-order valence-electron chi connectivity index (χ0n) is 19.1. The van der Waals surface area contributed by atoms with Gasteiger partial charge in [-0.15, -0.1) is 0 Å². The third kappa shape index (κ3) is 3.15. The van der Waals surface area contributed by atoms with E-state index in [1.54, 1.807) is 6.08 Å². The molecule has 4 rings (SSSR count). The molecule has 2 aliphatic rings. The highest BCUT2D eigenvalue weighted by molar-refractivity contribution is 5.94. The van der Waals surface area contributed by atoms with Gasteiger partial charge < -0.3 is 10.1 Å². The molecule has 2 aromatic carbocycles. The maximum Gasteiger partial charge on any atom is 0.335 e. The molecule has 2 bridgehead atoms. The molecule has 160 valence electrons. The van der Waals surface area contributed by atoms with Gasteiger partial charge in [-0.3, -0.25) is 0 Å². The summed E-state index contributed by atoms with van der Waals surface area (Å²) in [4.78, 5) is 13.3. The van der Waals surface area contributed by atoms with Crippen molar-refractivity contribution in [3.63, 3.8) is 0 Å². The van der Waals surface area contributed by atoms with E-state index in [0.29, 0.717) is 0 Å². The van der Waals surface area contributed by atoms with Crippen LogP contribution >= 0.6 is 0 Å². The molecular weight excluding hydrogens is 382 g/mol. The van der Waals surface area contributed by atoms with Gasteiger partial charge in [-0.1, -0.05) is 81.5 Å². The quantitative estimate of drug-likeness (QED) is 0.532. The Balaban J connectivity index is 1.60. The molecule has 2 aliphatic carbocycles. The van der Waals surface area contributed by atoms with Crippen molar-refractivity contribution < 1.29 is 9.53 Å². The Morgan fingerprint density at radius 3 is 2.32 bits per heavy atom. The van der Waals surface area contributed by atoms with Crippen LogP contribution in [0.1, 0.15) is 45.7 Å². The number of allylic oxidation sites excluding steroid dienone is 2. The highest BCUT2D eigenvalue weighted by Gasteiger charge is 2.64. The number of hydrogen-bond donors (Lipinski definition) is 1. The fraction of sp³-hybridized carbons (Fsp3) is 0.321. The Labute approximate surface area is 185 Å². The maximum atomic E-state index is 13.3. The van der Waals surface area contributed by atoms with Gasteiger partial charge in [0, 0.05) is 28.3 Å². The zero-order valence-corrected chi connectivity index (χ0v) is 19.1. The first-order chi connectivity index (χ1) is 14.7. The number of rotatable bonds is 6. The summed E-state index contributed by atoms with van der Waals surface area (Å²) in [5.74, 6) is -0.0476. The molecule has 0 aliphatic heterocycles. The number of hydrogen-bond acceptors (Lipinski definition) is 3. The minimum absolute atomic E-state index is 0.113. The third-order valence-electron chi connectivity index (χ3n) is 7.62. The molecular formula is C28H31NO2. The van der Waals surface area contributed by atoms with Crippen molar-refractivity contribution in [2.75, 3.05) is 5.32 Å². The predicted octanol–water partition coefficient (Wildman–Crippen LogP) is 6.75. The highest BCUT2D eigenvalue weighted by atomic mass is 16.5. The van der Waals surface area contributed by atoms with Crippen molar-refractivity contribution in [2.45, 2.75) is 41.2 Å². The molecule has 31 heavy (non-hydrogen) atoms. The Bertz CT molecular complexity index is 1090. The number of benzene rings is 2. The first-order valence-corrected chi connectivity index (χ1v) is 10.8. The molecule has 0 aromatic heterocycles. The number of carbonyl (C=O) groups excluding carboxylic acids is 1. The Morgan fingerprint density at radius 1 is 1.06 bits per heavy atom. The molecule has 0 amide bonds. The molecule has 0 radical (unpaired) electrons. The summed E-state index contributed by atoms with van der Waals surface area (Å²) in [5, 5.41) is 3.65. The van der Waals surface area contributed by atoms with Crippen LogP contribution in [-0.2, 0) is 16.1 Å². The number of fused-ring (bicyclic) bond motifs is 2. The van der Waals surface area contributed by atoms with Crippen LogP contribution in [0, 0.1) is 16.7 Å². The van der Waals surface area contributed by atoms with Crippen LogP contribution in [0.25, 0.3) is 6.08 Å². The van der Waals surface area contributed by atoms with Crippen LogP contribution in [0.5, 0.6) is 0 Å². The largest absolute Gasteiger partial charge is 0.457 e. The van der Waals surface area contributed by atoms with Crippen LogP contribution in [0.3, 0.4) is 0 Å². The van der Waals surface area contributed by atoms with E-state index in [1.807, 2.05) is 42.5 Å². The number of esters is 1. The van der Waals surface area contributed by atoms with Crippen LogP contribution in [-0.4, -0.2) is 5.97 Å². The van der Waals surface area contributed by atoms with Crippen molar-refractivity contribution >= 4 is 17.7 Å². The summed E-state index contributed by atoms with van der Waals surface area (Å²) in [6, 6.07) is 18.2. The van der Waals surface area contributed by atoms with Crippen molar-refractivity contribution in [3.05, 3.63) is 94.7 Å². The minimum Gasteiger partial charge on any atom is -0.457 e. The van der Waals surface area contributed by atoms with Gasteiger partial charge in [0.2, 0.25) is 0 Å². The maximum absolute atomic E-state index is 13.3. The fourth-order valence-corrected chi connectivity index (χ4v) is 5.60. The summed E-state index contributed by atoms with van der Waals surface area (Å²) < 4.78 is 5.80. The first kappa shape index (κ1) is 21.2. The zero-order chi connectivity index (χ0) is 22.4. The molecule has 0 saturated carbocycles. The highest BCUT2D eigenvalue weighted by Crippen LogP contribution is 2.69. The van der Waals surface area contributed by atoms with Crippen molar-refractivity contribution in [2.24, 2.45) is 16.7 Å². The van der Waals surface area contributed by atoms with Gasteiger partial charge in [0.05, 0.1) is 0 Å². The van der Waals surface area contributed by atoms with Gasteiger partial charge in [-0.25, -0.2) is 4.79 Å². The molecule has 0 spiro atoms. The van der Waals surface area contributed by atoms with Crippen molar-refractivity contribution in [1.82, 2.24) is 0 Å². The number of nitrogens with one attached hydrogen (secondary N) is 1. The SMILES string of the molecule is C=Cc1ccc(COC(=O)C2=C(C)[C@@H]3C(Nc4ccccc4)=C(C)[C@]2(C)C3(C)C)cc1. The first-order valence-electron chi connectivity index (χ1n) is 10.8. The van der Waals surface area contributed by atoms with Crippen LogP contribution in [0.4, 0.5) is 5.69 Å². The van der Waals surface area contributed by atoms with E-state index < -0.39 is 0 Å². The predicted molar refractivity (Wildman–Crippen MR) is 127 cm³/mol. The van der Waals surface area contributed by atoms with Gasteiger partial charge in [-0.05, 0) is 48.1 Å². The lowest BCUT2D eigenvalue weighted by Gasteiger charge is -2.38. The molecule has 0 heterocycles. The fourth-order valence-electron chi connectivity index (χ4n) is 5.60. The Hall–Kier alpha value is -3.07. The van der Waals surface area contributed by atoms with E-state index >= 15 is 0 Å². The topological polar surface area (TPSA) is 38.3 Å². The molecule has 1 N–H and O–H groups in total. The third-order valence-corrected chi connectivity index (χ3v) is 7.62. The normalized spacial score (nSPS) is 23.8. The van der Waals surface area contributed by atoms with Gasteiger partial charge in [-0.2, -0.15) is 0 Å². The Morgan fingerprint density at radius 2 is 1.71 bits per heavy atom. The van der Waals surface area contributed by atoms with Crippen LogP contribution in [0.15, 0.2) is 83.6 Å². The summed E-state index contributed by atoms with van der Waals surface area (Å²) >= 11 is 0. The molecule has 2 aromatic rings. The minimum atomic E-state index is -0.372. The molecule has 0 fully saturated rings. The van der Waals surface area contributed by atoms with E-state index in [2.05, 4.69) is 58.6 Å². The Kier molecular flexibility index (Phi) is 5.17. The summed E-state index contributed by atoms with van der Waals surface area (Å²) in [6.07, 6.45) is 1.80. The summed E-state index contributed by atoms with van der Waals surface area (Å²) in [7, 11) is 0. The molecule has 0 unspecified atom stereocenters. The molecule has 2 atom stereocenters. The van der Waals surface area contributed by atoms with Gasteiger partial charge in [0.1, 0.15) is 6.61 Å². The second-order valence-corrected chi connectivity index (χ2v) is 9.39. The van der Waals surface area contributed by atoms with Crippen molar-refractivity contribution in [3.8, 4) is 0 Å². The van der Waals surface area contributed by atoms with Crippen molar-refractivity contribution in [1.29, 1.82) is 0 Å². The van der Waals surface area contributed by atoms with Gasteiger partial charge in [0.15, 0.2) is 0 Å². The number of anilines is 1. The average molecular weight is 414 g/mol. The lowest BCUT2D eigenvalue weighted by molar-refractivity contribution is -0.141. The smallest absolute Gasteiger partial charge is 0.335 e. The van der Waals surface area contributed by atoms with E-state index in [-0.39, 0.29) is 29.3 Å². The molecule has 0 saturated heterocycles. The van der Waals surface area contributed by atoms with E-state index in [0.717, 1.165) is 28.0 Å². The second kappa shape index (κ2) is 7.56. The molecule has 3 nitrogen and oxygen atoms in total. The summed E-state index contributed by atoms with van der Waals surface area (Å²) in [6.45, 7) is 15.0. The molecule has 3 heteroatoms. The van der Waals surface area contributed by atoms with E-state index in [4.69, 9.17) is 4.74 Å². The summed E-state index contributed by atoms with van der Waals surface area (Å²) in [5.41, 5.74) is 6.99. The van der Waals surface area contributed by atoms with E-state index in [1.165, 1.54) is 11.3 Å². The van der Waals surface area contributed by atoms with Crippen LogP contribution in [0.2, 0.25) is 0 Å². The lowest BCUT2D eigenvalue weighted by atomic mass is 9.64. The number of para-hydroxylation sites is 1. The number of carbonyl (C=O) groups is 1. The van der Waals surface area contributed by atoms with Gasteiger partial charge in [0.25, 0.3) is 0 Å². The average Bonchev–Trinajstić information content (AvgIpc) is 3.01. The van der Waals surface area contributed by atoms with Crippen LogP contribution < -0.4 is 5.32 Å². The number of ether oxygens (including phenoxy) is 1.